The minimum Gasteiger partial charge on any atom is -0.373 e. The van der Waals surface area contributed by atoms with Crippen LogP contribution in [0.25, 0.3) is 0 Å². The predicted molar refractivity (Wildman–Crippen MR) is 103 cm³/mol. The lowest BCUT2D eigenvalue weighted by atomic mass is 10.1. The van der Waals surface area contributed by atoms with Crippen LogP contribution in [0.3, 0.4) is 0 Å². The van der Waals surface area contributed by atoms with Crippen LogP contribution < -0.4 is 10.2 Å². The van der Waals surface area contributed by atoms with Gasteiger partial charge in [-0.25, -0.2) is 0 Å². The number of piperazine rings is 1. The third kappa shape index (κ3) is 3.86. The first-order valence-corrected chi connectivity index (χ1v) is 9.36. The van der Waals surface area contributed by atoms with Crippen LogP contribution in [-0.4, -0.2) is 43.0 Å². The van der Waals surface area contributed by atoms with Crippen molar-refractivity contribution >= 4 is 17.3 Å². The van der Waals surface area contributed by atoms with E-state index in [1.165, 1.54) is 6.07 Å². The molecule has 5 nitrogen and oxygen atoms in total. The smallest absolute Gasteiger partial charge is 0.373 e. The van der Waals surface area contributed by atoms with Gasteiger partial charge in [0.15, 0.2) is 0 Å². The molecule has 2 aliphatic heterocycles. The molecule has 4 rings (SSSR count). The largest absolute Gasteiger partial charge is 0.416 e. The number of nitrogens with one attached hydrogen (secondary N) is 1. The topological polar surface area (TPSA) is 59.4 Å². The van der Waals surface area contributed by atoms with Crippen LogP contribution in [0.5, 0.6) is 0 Å². The summed E-state index contributed by atoms with van der Waals surface area (Å²) in [5.41, 5.74) is 2.23. The number of carbonyl (C=O) groups excluding carboxylic acids is 1. The highest BCUT2D eigenvalue weighted by atomic mass is 19.4. The first-order chi connectivity index (χ1) is 13.8. The van der Waals surface area contributed by atoms with E-state index in [2.05, 4.69) is 11.4 Å². The number of nitrogens with zero attached hydrogens (tertiary/aromatic N) is 3. The van der Waals surface area contributed by atoms with Gasteiger partial charge in [-0.05, 0) is 42.0 Å². The van der Waals surface area contributed by atoms with Crippen molar-refractivity contribution in [2.45, 2.75) is 18.6 Å². The Bertz CT molecular complexity index is 975. The average Bonchev–Trinajstić information content (AvgIpc) is 3.16. The molecule has 0 aromatic heterocycles. The number of rotatable bonds is 2. The summed E-state index contributed by atoms with van der Waals surface area (Å²) in [7, 11) is 0. The van der Waals surface area contributed by atoms with E-state index in [-0.39, 0.29) is 11.9 Å². The maximum Gasteiger partial charge on any atom is 0.416 e. The lowest BCUT2D eigenvalue weighted by Gasteiger charge is -2.37. The van der Waals surface area contributed by atoms with Crippen LogP contribution >= 0.6 is 0 Å². The van der Waals surface area contributed by atoms with E-state index in [0.717, 1.165) is 23.4 Å². The molecule has 150 valence electrons. The van der Waals surface area contributed by atoms with Crippen LogP contribution in [0.1, 0.15) is 16.7 Å². The zero-order chi connectivity index (χ0) is 20.6. The van der Waals surface area contributed by atoms with Crippen LogP contribution in [0.2, 0.25) is 0 Å². The minimum atomic E-state index is -4.37. The Balaban J connectivity index is 1.38. The number of halogens is 3. The summed E-state index contributed by atoms with van der Waals surface area (Å²) in [6.07, 6.45) is -3.85. The molecule has 0 saturated carbocycles. The second kappa shape index (κ2) is 7.32. The summed E-state index contributed by atoms with van der Waals surface area (Å²) in [4.78, 5) is 16.5. The van der Waals surface area contributed by atoms with Crippen molar-refractivity contribution in [3.63, 3.8) is 0 Å². The van der Waals surface area contributed by atoms with Crippen molar-refractivity contribution in [3.05, 3.63) is 59.2 Å². The van der Waals surface area contributed by atoms with Crippen molar-refractivity contribution in [1.82, 2.24) is 4.90 Å². The van der Waals surface area contributed by atoms with Gasteiger partial charge in [0.1, 0.15) is 6.04 Å². The van der Waals surface area contributed by atoms with Crippen molar-refractivity contribution in [2.24, 2.45) is 0 Å². The monoisotopic (exact) mass is 400 g/mol. The molecule has 0 radical (unpaired) electrons. The zero-order valence-corrected chi connectivity index (χ0v) is 15.5. The summed E-state index contributed by atoms with van der Waals surface area (Å²) < 4.78 is 38.8. The normalized spacial score (nSPS) is 18.8. The number of fused-ring (bicyclic) bond motifs is 1. The Kier molecular flexibility index (Phi) is 4.82. The van der Waals surface area contributed by atoms with E-state index in [1.807, 2.05) is 11.0 Å². The Morgan fingerprint density at radius 3 is 2.55 bits per heavy atom. The van der Waals surface area contributed by atoms with Gasteiger partial charge in [0.25, 0.3) is 0 Å². The number of amides is 1. The molecular formula is C21H19F3N4O. The molecule has 1 N–H and O–H groups in total. The molecule has 2 aromatic carbocycles. The van der Waals surface area contributed by atoms with Crippen molar-refractivity contribution in [1.29, 1.82) is 5.26 Å². The number of carbonyl (C=O) groups is 1. The predicted octanol–water partition coefficient (Wildman–Crippen LogP) is 3.26. The molecule has 29 heavy (non-hydrogen) atoms. The lowest BCUT2D eigenvalue weighted by molar-refractivity contribution is -0.137. The first-order valence-electron chi connectivity index (χ1n) is 9.36. The summed E-state index contributed by atoms with van der Waals surface area (Å²) in [5, 5.41) is 12.2. The van der Waals surface area contributed by atoms with Crippen molar-refractivity contribution in [2.75, 3.05) is 36.4 Å². The molecule has 1 fully saturated rings. The number of anilines is 2. The maximum atomic E-state index is 12.9. The molecule has 1 unspecified atom stereocenters. The van der Waals surface area contributed by atoms with Gasteiger partial charge in [-0.1, -0.05) is 6.07 Å². The Morgan fingerprint density at radius 1 is 1.10 bits per heavy atom. The van der Waals surface area contributed by atoms with Crippen molar-refractivity contribution in [3.8, 4) is 6.07 Å². The van der Waals surface area contributed by atoms with Crippen molar-refractivity contribution < 1.29 is 18.0 Å². The maximum absolute atomic E-state index is 12.9. The fourth-order valence-electron chi connectivity index (χ4n) is 3.87. The molecule has 1 atom stereocenters. The highest BCUT2D eigenvalue weighted by Gasteiger charge is 2.33. The molecule has 2 heterocycles. The van der Waals surface area contributed by atoms with Crippen LogP contribution in [-0.2, 0) is 17.4 Å². The van der Waals surface area contributed by atoms with E-state index in [1.54, 1.807) is 23.1 Å². The second-order valence-electron chi connectivity index (χ2n) is 7.25. The number of hydrogen-bond donors (Lipinski definition) is 1. The third-order valence-corrected chi connectivity index (χ3v) is 5.42. The molecule has 1 amide bonds. The number of benzene rings is 2. The van der Waals surface area contributed by atoms with Gasteiger partial charge in [0.2, 0.25) is 5.91 Å². The molecule has 2 aromatic rings. The Morgan fingerprint density at radius 2 is 1.86 bits per heavy atom. The van der Waals surface area contributed by atoms with Gasteiger partial charge in [-0.3, -0.25) is 4.79 Å². The molecule has 2 aliphatic rings. The lowest BCUT2D eigenvalue weighted by Crippen LogP contribution is -2.52. The fraction of sp³-hybridized carbons (Fsp3) is 0.333. The van der Waals surface area contributed by atoms with Gasteiger partial charge < -0.3 is 15.1 Å². The highest BCUT2D eigenvalue weighted by molar-refractivity contribution is 5.87. The van der Waals surface area contributed by atoms with E-state index in [9.17, 15) is 18.0 Å². The fourth-order valence-corrected chi connectivity index (χ4v) is 3.87. The Labute approximate surface area is 166 Å². The Hall–Kier alpha value is -3.21. The first kappa shape index (κ1) is 19.1. The SMILES string of the molecule is N#Cc1ccc2c(c1)CC(C(=O)N1CCN(c3cccc(C(F)(F)F)c3)CC1)N2. The van der Waals surface area contributed by atoms with E-state index in [4.69, 9.17) is 5.26 Å². The van der Waals surface area contributed by atoms with E-state index < -0.39 is 11.7 Å². The molecular weight excluding hydrogens is 381 g/mol. The number of nitriles is 1. The minimum absolute atomic E-state index is 0.0246. The zero-order valence-electron chi connectivity index (χ0n) is 15.5. The van der Waals surface area contributed by atoms with E-state index >= 15 is 0 Å². The van der Waals surface area contributed by atoms with Crippen LogP contribution in [0.4, 0.5) is 24.5 Å². The third-order valence-electron chi connectivity index (χ3n) is 5.42. The molecule has 0 bridgehead atoms. The summed E-state index contributed by atoms with van der Waals surface area (Å²) in [6, 6.07) is 12.3. The highest BCUT2D eigenvalue weighted by Crippen LogP contribution is 2.32. The van der Waals surface area contributed by atoms with Gasteiger partial charge in [-0.2, -0.15) is 18.4 Å². The molecule has 8 heteroatoms. The van der Waals surface area contributed by atoms with Gasteiger partial charge in [0, 0.05) is 44.0 Å². The quantitative estimate of drug-likeness (QED) is 0.841. The van der Waals surface area contributed by atoms with Gasteiger partial charge in [0.05, 0.1) is 17.2 Å². The number of hydrogen-bond acceptors (Lipinski definition) is 4. The molecule has 0 aliphatic carbocycles. The van der Waals surface area contributed by atoms with Gasteiger partial charge >= 0.3 is 6.18 Å². The summed E-state index contributed by atoms with van der Waals surface area (Å²) in [6.45, 7) is 1.86. The van der Waals surface area contributed by atoms with Crippen LogP contribution in [0.15, 0.2) is 42.5 Å². The van der Waals surface area contributed by atoms with Crippen LogP contribution in [0, 0.1) is 11.3 Å². The molecule has 0 spiro atoms. The average molecular weight is 400 g/mol. The summed E-state index contributed by atoms with van der Waals surface area (Å²) in [5.74, 6) is -0.0246. The van der Waals surface area contributed by atoms with E-state index in [0.29, 0.717) is 43.9 Å². The van der Waals surface area contributed by atoms with Gasteiger partial charge in [-0.15, -0.1) is 0 Å². The second-order valence-corrected chi connectivity index (χ2v) is 7.25. The molecule has 1 saturated heterocycles. The standard InChI is InChI=1S/C21H19F3N4O/c22-21(23,24)16-2-1-3-17(12-16)27-6-8-28(9-7-27)20(29)19-11-15-10-14(13-25)4-5-18(15)26-19/h1-5,10,12,19,26H,6-9,11H2. The number of alkyl halides is 3. The summed E-state index contributed by atoms with van der Waals surface area (Å²) >= 11 is 0.